The Morgan fingerprint density at radius 1 is 1.00 bits per heavy atom. The van der Waals surface area contributed by atoms with Gasteiger partial charge < -0.3 is 15.1 Å². The van der Waals surface area contributed by atoms with Crippen molar-refractivity contribution in [3.63, 3.8) is 0 Å². The van der Waals surface area contributed by atoms with Crippen LogP contribution in [0.3, 0.4) is 0 Å². The van der Waals surface area contributed by atoms with Gasteiger partial charge in [-0.1, -0.05) is 17.7 Å². The van der Waals surface area contributed by atoms with Crippen LogP contribution in [0.2, 0.25) is 0 Å². The van der Waals surface area contributed by atoms with Crippen molar-refractivity contribution in [3.8, 4) is 0 Å². The van der Waals surface area contributed by atoms with E-state index in [9.17, 15) is 4.79 Å². The van der Waals surface area contributed by atoms with Crippen molar-refractivity contribution in [1.82, 2.24) is 20.3 Å². The molecule has 152 valence electrons. The third kappa shape index (κ3) is 5.10. The van der Waals surface area contributed by atoms with Crippen molar-refractivity contribution < 1.29 is 4.79 Å². The normalized spacial score (nSPS) is 17.0. The van der Waals surface area contributed by atoms with E-state index in [0.29, 0.717) is 12.2 Å². The van der Waals surface area contributed by atoms with Crippen molar-refractivity contribution in [2.24, 2.45) is 0 Å². The van der Waals surface area contributed by atoms with Gasteiger partial charge in [0.1, 0.15) is 23.7 Å². The molecule has 0 bridgehead atoms. The quantitative estimate of drug-likeness (QED) is 0.762. The maximum Gasteiger partial charge on any atom is 0.270 e. The van der Waals surface area contributed by atoms with Crippen LogP contribution in [0.15, 0.2) is 48.4 Å². The van der Waals surface area contributed by atoms with Gasteiger partial charge in [-0.25, -0.2) is 15.0 Å². The first-order valence-electron chi connectivity index (χ1n) is 10.5. The number of carbonyl (C=O) groups excluding carboxylic acids is 1. The molecule has 2 aromatic heterocycles. The number of rotatable bonds is 6. The molecule has 0 unspecified atom stereocenters. The number of hydrogen-bond acceptors (Lipinski definition) is 6. The van der Waals surface area contributed by atoms with Crippen molar-refractivity contribution in [3.05, 3.63) is 54.1 Å². The zero-order valence-corrected chi connectivity index (χ0v) is 16.8. The highest BCUT2D eigenvalue weighted by atomic mass is 16.1. The molecule has 1 N–H and O–H groups in total. The van der Waals surface area contributed by atoms with E-state index >= 15 is 0 Å². The van der Waals surface area contributed by atoms with Gasteiger partial charge in [-0.3, -0.25) is 4.79 Å². The molecule has 0 saturated carbocycles. The molecule has 0 aromatic carbocycles. The van der Waals surface area contributed by atoms with E-state index in [1.807, 2.05) is 24.4 Å². The Balaban J connectivity index is 1.30. The number of amides is 1. The Labute approximate surface area is 171 Å². The van der Waals surface area contributed by atoms with Crippen LogP contribution in [0.4, 0.5) is 11.6 Å². The molecular weight excluding hydrogens is 364 g/mol. The maximum atomic E-state index is 12.5. The molecule has 2 aliphatic rings. The fourth-order valence-corrected chi connectivity index (χ4v) is 3.91. The highest BCUT2D eigenvalue weighted by molar-refractivity contribution is 5.92. The lowest BCUT2D eigenvalue weighted by Gasteiger charge is -2.36. The highest BCUT2D eigenvalue weighted by Gasteiger charge is 2.20. The highest BCUT2D eigenvalue weighted by Crippen LogP contribution is 2.20. The fraction of sp³-hybridized carbons (Fsp3) is 0.455. The summed E-state index contributed by atoms with van der Waals surface area (Å²) >= 11 is 0. The molecule has 1 aliphatic carbocycles. The Bertz CT molecular complexity index is 845. The monoisotopic (exact) mass is 392 g/mol. The van der Waals surface area contributed by atoms with Gasteiger partial charge in [-0.2, -0.15) is 0 Å². The number of nitrogens with zero attached hydrogens (tertiary/aromatic N) is 5. The van der Waals surface area contributed by atoms with E-state index in [0.717, 1.165) is 50.7 Å². The van der Waals surface area contributed by atoms with Gasteiger partial charge in [0, 0.05) is 45.0 Å². The van der Waals surface area contributed by atoms with E-state index in [2.05, 4.69) is 36.1 Å². The van der Waals surface area contributed by atoms with Crippen molar-refractivity contribution in [2.45, 2.75) is 32.1 Å². The minimum Gasteiger partial charge on any atom is -0.353 e. The molecule has 1 aliphatic heterocycles. The van der Waals surface area contributed by atoms with Crippen LogP contribution < -0.4 is 15.1 Å². The number of pyridine rings is 1. The summed E-state index contributed by atoms with van der Waals surface area (Å²) in [6.45, 7) is 4.08. The van der Waals surface area contributed by atoms with Gasteiger partial charge in [0.05, 0.1) is 0 Å². The second-order valence-electron chi connectivity index (χ2n) is 7.54. The van der Waals surface area contributed by atoms with Gasteiger partial charge in [0.25, 0.3) is 5.91 Å². The van der Waals surface area contributed by atoms with Crippen molar-refractivity contribution in [1.29, 1.82) is 0 Å². The Morgan fingerprint density at radius 2 is 1.83 bits per heavy atom. The van der Waals surface area contributed by atoms with Gasteiger partial charge in [-0.05, 0) is 44.2 Å². The number of allylic oxidation sites excluding steroid dienone is 1. The average molecular weight is 393 g/mol. The summed E-state index contributed by atoms with van der Waals surface area (Å²) in [6.07, 6.45) is 11.4. The van der Waals surface area contributed by atoms with E-state index in [-0.39, 0.29) is 5.91 Å². The summed E-state index contributed by atoms with van der Waals surface area (Å²) < 4.78 is 0. The number of nitrogens with one attached hydrogen (secondary N) is 1. The van der Waals surface area contributed by atoms with E-state index in [1.54, 1.807) is 6.07 Å². The van der Waals surface area contributed by atoms with Crippen LogP contribution in [0, 0.1) is 0 Å². The second kappa shape index (κ2) is 9.49. The summed E-state index contributed by atoms with van der Waals surface area (Å²) in [4.78, 5) is 30.0. The minimum absolute atomic E-state index is 0.128. The van der Waals surface area contributed by atoms with Crippen LogP contribution >= 0.6 is 0 Å². The van der Waals surface area contributed by atoms with Crippen LogP contribution in [0.5, 0.6) is 0 Å². The first-order valence-corrected chi connectivity index (χ1v) is 10.5. The largest absolute Gasteiger partial charge is 0.353 e. The summed E-state index contributed by atoms with van der Waals surface area (Å²) in [5.74, 6) is 1.68. The van der Waals surface area contributed by atoms with Gasteiger partial charge >= 0.3 is 0 Å². The third-order valence-electron chi connectivity index (χ3n) is 5.58. The molecule has 1 saturated heterocycles. The zero-order chi connectivity index (χ0) is 19.9. The molecule has 0 atom stereocenters. The Morgan fingerprint density at radius 3 is 2.55 bits per heavy atom. The van der Waals surface area contributed by atoms with Crippen LogP contribution in [-0.2, 0) is 0 Å². The second-order valence-corrected chi connectivity index (χ2v) is 7.54. The number of hydrogen-bond donors (Lipinski definition) is 1. The lowest BCUT2D eigenvalue weighted by molar-refractivity contribution is 0.0949. The lowest BCUT2D eigenvalue weighted by atomic mass is 9.97. The summed E-state index contributed by atoms with van der Waals surface area (Å²) in [6, 6.07) is 7.77. The predicted octanol–water partition coefficient (Wildman–Crippen LogP) is 2.82. The summed E-state index contributed by atoms with van der Waals surface area (Å²) in [5, 5.41) is 3.00. The molecule has 4 rings (SSSR count). The van der Waals surface area contributed by atoms with Gasteiger partial charge in [0.2, 0.25) is 0 Å². The number of aromatic nitrogens is 3. The molecule has 3 heterocycles. The molecule has 0 spiro atoms. The van der Waals surface area contributed by atoms with E-state index in [1.165, 1.54) is 31.2 Å². The number of carbonyl (C=O) groups is 1. The first-order chi connectivity index (χ1) is 14.3. The molecule has 7 nitrogen and oxygen atoms in total. The van der Waals surface area contributed by atoms with Crippen molar-refractivity contribution in [2.75, 3.05) is 42.5 Å². The van der Waals surface area contributed by atoms with E-state index in [4.69, 9.17) is 0 Å². The smallest absolute Gasteiger partial charge is 0.270 e. The van der Waals surface area contributed by atoms with Gasteiger partial charge in [0.15, 0.2) is 0 Å². The third-order valence-corrected chi connectivity index (χ3v) is 5.58. The van der Waals surface area contributed by atoms with Crippen LogP contribution in [-0.4, -0.2) is 53.6 Å². The SMILES string of the molecule is O=C(NCCC1=CCCCC1)c1cc(N2CCN(c3ccccn3)CC2)ncn1. The molecule has 7 heteroatoms. The average Bonchev–Trinajstić information content (AvgIpc) is 2.80. The lowest BCUT2D eigenvalue weighted by Crippen LogP contribution is -2.47. The fourth-order valence-electron chi connectivity index (χ4n) is 3.91. The number of anilines is 2. The maximum absolute atomic E-state index is 12.5. The Kier molecular flexibility index (Phi) is 6.34. The molecule has 1 amide bonds. The molecular formula is C22H28N6O. The molecule has 29 heavy (non-hydrogen) atoms. The summed E-state index contributed by atoms with van der Waals surface area (Å²) in [5.41, 5.74) is 1.89. The van der Waals surface area contributed by atoms with Crippen molar-refractivity contribution >= 4 is 17.5 Å². The molecule has 2 aromatic rings. The molecule has 1 fully saturated rings. The number of piperazine rings is 1. The summed E-state index contributed by atoms with van der Waals surface area (Å²) in [7, 11) is 0. The Hall–Kier alpha value is -2.96. The first kappa shape index (κ1) is 19.4. The topological polar surface area (TPSA) is 74.2 Å². The molecule has 0 radical (unpaired) electrons. The van der Waals surface area contributed by atoms with E-state index < -0.39 is 0 Å². The predicted molar refractivity (Wildman–Crippen MR) is 114 cm³/mol. The van der Waals surface area contributed by atoms with Gasteiger partial charge in [-0.15, -0.1) is 0 Å². The van der Waals surface area contributed by atoms with Crippen LogP contribution in [0.1, 0.15) is 42.6 Å². The standard InChI is InChI=1S/C22H28N6O/c29-22(24-11-9-18-6-2-1-3-7-18)19-16-21(26-17-25-19)28-14-12-27(13-15-28)20-8-4-5-10-23-20/h4-6,8,10,16-17H,1-3,7,9,11-15H2,(H,24,29). The zero-order valence-electron chi connectivity index (χ0n) is 16.8. The van der Waals surface area contributed by atoms with Crippen LogP contribution in [0.25, 0.3) is 0 Å². The minimum atomic E-state index is -0.128.